The van der Waals surface area contributed by atoms with E-state index in [9.17, 15) is 24.3 Å². The minimum absolute atomic E-state index is 0.0802. The largest absolute Gasteiger partial charge is 0.506 e. The Morgan fingerprint density at radius 3 is 2.39 bits per heavy atom. The lowest BCUT2D eigenvalue weighted by Crippen LogP contribution is -2.41. The van der Waals surface area contributed by atoms with E-state index in [1.54, 1.807) is 36.4 Å². The summed E-state index contributed by atoms with van der Waals surface area (Å²) in [5, 5.41) is 15.3. The summed E-state index contributed by atoms with van der Waals surface area (Å²) in [6.07, 6.45) is 0. The van der Waals surface area contributed by atoms with Gasteiger partial charge in [0.1, 0.15) is 24.5 Å². The number of rotatable bonds is 7. The highest BCUT2D eigenvalue weighted by atomic mass is 16.5. The average molecular weight is 423 g/mol. The standard InChI is InChI=1S/C22H21N3O6/c1-25-16-10-6-5-9-15(16)20(28)19(22(25)30)21(29)24-11-17(26)23-12-18(27)31-13-14-7-3-2-4-8-14/h2-10,28H,11-13H2,1H3,(H,23,26)(H,24,29). The molecule has 0 unspecified atom stereocenters. The maximum Gasteiger partial charge on any atom is 0.325 e. The van der Waals surface area contributed by atoms with Crippen LogP contribution in [-0.4, -0.2) is 40.5 Å². The molecule has 1 heterocycles. The molecule has 31 heavy (non-hydrogen) atoms. The van der Waals surface area contributed by atoms with Gasteiger partial charge in [0, 0.05) is 12.4 Å². The molecule has 0 aliphatic heterocycles. The number of aryl methyl sites for hydroxylation is 1. The molecule has 1 aromatic heterocycles. The SMILES string of the molecule is Cn1c(=O)c(C(=O)NCC(=O)NCC(=O)OCc2ccccc2)c(O)c2ccccc21. The molecule has 0 atom stereocenters. The predicted octanol–water partition coefficient (Wildman–Crippen LogP) is 0.834. The Labute approximate surface area is 177 Å². The van der Waals surface area contributed by atoms with Crippen molar-refractivity contribution < 1.29 is 24.2 Å². The van der Waals surface area contributed by atoms with Crippen LogP contribution in [-0.2, 0) is 28.0 Å². The van der Waals surface area contributed by atoms with Gasteiger partial charge >= 0.3 is 5.97 Å². The number of nitrogens with zero attached hydrogens (tertiary/aromatic N) is 1. The summed E-state index contributed by atoms with van der Waals surface area (Å²) in [5.41, 5.74) is 0.120. The van der Waals surface area contributed by atoms with Crippen molar-refractivity contribution in [1.29, 1.82) is 0 Å². The van der Waals surface area contributed by atoms with Gasteiger partial charge in [-0.3, -0.25) is 19.2 Å². The van der Waals surface area contributed by atoms with Crippen molar-refractivity contribution >= 4 is 28.7 Å². The lowest BCUT2D eigenvalue weighted by atomic mass is 10.1. The van der Waals surface area contributed by atoms with Crippen LogP contribution in [0.25, 0.3) is 10.9 Å². The Bertz CT molecular complexity index is 1190. The number of hydrogen-bond acceptors (Lipinski definition) is 6. The second kappa shape index (κ2) is 9.57. The highest BCUT2D eigenvalue weighted by molar-refractivity contribution is 6.03. The zero-order valence-electron chi connectivity index (χ0n) is 16.8. The first-order valence-corrected chi connectivity index (χ1v) is 9.43. The van der Waals surface area contributed by atoms with Crippen molar-refractivity contribution in [3.8, 4) is 5.75 Å². The van der Waals surface area contributed by atoms with Gasteiger partial charge in [0.25, 0.3) is 11.5 Å². The Morgan fingerprint density at radius 1 is 0.968 bits per heavy atom. The summed E-state index contributed by atoms with van der Waals surface area (Å²) in [6, 6.07) is 15.7. The fraction of sp³-hybridized carbons (Fsp3) is 0.182. The first kappa shape index (κ1) is 21.6. The fourth-order valence-electron chi connectivity index (χ4n) is 2.96. The molecule has 9 nitrogen and oxygen atoms in total. The van der Waals surface area contributed by atoms with Crippen molar-refractivity contribution in [2.24, 2.45) is 7.05 Å². The monoisotopic (exact) mass is 423 g/mol. The van der Waals surface area contributed by atoms with Gasteiger partial charge < -0.3 is 25.0 Å². The molecule has 0 aliphatic carbocycles. The van der Waals surface area contributed by atoms with E-state index in [4.69, 9.17) is 4.74 Å². The molecule has 3 aromatic rings. The number of ether oxygens (including phenoxy) is 1. The summed E-state index contributed by atoms with van der Waals surface area (Å²) in [5.74, 6) is -2.64. The molecule has 2 amide bonds. The zero-order chi connectivity index (χ0) is 22.4. The third kappa shape index (κ3) is 5.08. The Morgan fingerprint density at radius 2 is 1.65 bits per heavy atom. The van der Waals surface area contributed by atoms with E-state index in [0.29, 0.717) is 10.9 Å². The Hall–Kier alpha value is -4.14. The minimum atomic E-state index is -0.898. The molecule has 9 heteroatoms. The zero-order valence-corrected chi connectivity index (χ0v) is 16.8. The highest BCUT2D eigenvalue weighted by Crippen LogP contribution is 2.25. The van der Waals surface area contributed by atoms with E-state index < -0.39 is 41.2 Å². The third-order valence-corrected chi connectivity index (χ3v) is 4.58. The highest BCUT2D eigenvalue weighted by Gasteiger charge is 2.21. The molecule has 2 aromatic carbocycles. The van der Waals surface area contributed by atoms with Gasteiger partial charge in [0.15, 0.2) is 0 Å². The molecule has 0 radical (unpaired) electrons. The van der Waals surface area contributed by atoms with Crippen LogP contribution in [0.5, 0.6) is 5.75 Å². The average Bonchev–Trinajstić information content (AvgIpc) is 2.79. The maximum absolute atomic E-state index is 12.5. The molecule has 0 fully saturated rings. The number of pyridine rings is 1. The number of para-hydroxylation sites is 1. The number of fused-ring (bicyclic) bond motifs is 1. The van der Waals surface area contributed by atoms with Crippen molar-refractivity contribution in [2.75, 3.05) is 13.1 Å². The van der Waals surface area contributed by atoms with Crippen molar-refractivity contribution in [3.63, 3.8) is 0 Å². The molecule has 0 bridgehead atoms. The number of carbonyl (C=O) groups excluding carboxylic acids is 3. The smallest absolute Gasteiger partial charge is 0.325 e. The van der Waals surface area contributed by atoms with E-state index in [2.05, 4.69) is 10.6 Å². The molecule has 160 valence electrons. The van der Waals surface area contributed by atoms with E-state index in [-0.39, 0.29) is 13.2 Å². The molecule has 0 saturated heterocycles. The first-order chi connectivity index (χ1) is 14.9. The van der Waals surface area contributed by atoms with Gasteiger partial charge in [-0.1, -0.05) is 42.5 Å². The first-order valence-electron chi connectivity index (χ1n) is 9.43. The second-order valence-corrected chi connectivity index (χ2v) is 6.71. The van der Waals surface area contributed by atoms with Crippen LogP contribution in [0.2, 0.25) is 0 Å². The number of hydrogen-bond donors (Lipinski definition) is 3. The van der Waals surface area contributed by atoms with Crippen molar-refractivity contribution in [3.05, 3.63) is 76.1 Å². The van der Waals surface area contributed by atoms with Gasteiger partial charge in [-0.05, 0) is 17.7 Å². The van der Waals surface area contributed by atoms with E-state index in [1.165, 1.54) is 11.6 Å². The number of nitrogens with one attached hydrogen (secondary N) is 2. The molecular formula is C22H21N3O6. The van der Waals surface area contributed by atoms with Gasteiger partial charge in [-0.15, -0.1) is 0 Å². The minimum Gasteiger partial charge on any atom is -0.506 e. The van der Waals surface area contributed by atoms with E-state index >= 15 is 0 Å². The van der Waals surface area contributed by atoms with Crippen LogP contribution in [0.3, 0.4) is 0 Å². The number of aromatic hydroxyl groups is 1. The van der Waals surface area contributed by atoms with Gasteiger partial charge in [0.2, 0.25) is 5.91 Å². The summed E-state index contributed by atoms with van der Waals surface area (Å²) >= 11 is 0. The van der Waals surface area contributed by atoms with Crippen LogP contribution in [0.1, 0.15) is 15.9 Å². The number of aromatic nitrogens is 1. The summed E-state index contributed by atoms with van der Waals surface area (Å²) in [7, 11) is 1.48. The molecule has 0 saturated carbocycles. The summed E-state index contributed by atoms with van der Waals surface area (Å²) in [6.45, 7) is -0.776. The molecule has 3 N–H and O–H groups in total. The Kier molecular flexibility index (Phi) is 6.66. The van der Waals surface area contributed by atoms with Crippen LogP contribution in [0, 0.1) is 0 Å². The molecular weight excluding hydrogens is 402 g/mol. The second-order valence-electron chi connectivity index (χ2n) is 6.71. The van der Waals surface area contributed by atoms with Crippen LogP contribution in [0.15, 0.2) is 59.4 Å². The van der Waals surface area contributed by atoms with Gasteiger partial charge in [0.05, 0.1) is 12.1 Å². The summed E-state index contributed by atoms with van der Waals surface area (Å²) in [4.78, 5) is 48.6. The number of carbonyl (C=O) groups is 3. The number of benzene rings is 2. The molecule has 3 rings (SSSR count). The van der Waals surface area contributed by atoms with Crippen molar-refractivity contribution in [1.82, 2.24) is 15.2 Å². The quantitative estimate of drug-likeness (QED) is 0.483. The van der Waals surface area contributed by atoms with E-state index in [0.717, 1.165) is 5.56 Å². The van der Waals surface area contributed by atoms with Gasteiger partial charge in [-0.25, -0.2) is 0 Å². The molecule has 0 aliphatic rings. The van der Waals surface area contributed by atoms with Crippen LogP contribution in [0.4, 0.5) is 0 Å². The third-order valence-electron chi connectivity index (χ3n) is 4.58. The Balaban J connectivity index is 1.54. The maximum atomic E-state index is 12.5. The van der Waals surface area contributed by atoms with E-state index in [1.807, 2.05) is 18.2 Å². The lowest BCUT2D eigenvalue weighted by molar-refractivity contribution is -0.145. The predicted molar refractivity (Wildman–Crippen MR) is 112 cm³/mol. The lowest BCUT2D eigenvalue weighted by Gasteiger charge is -2.12. The van der Waals surface area contributed by atoms with Gasteiger partial charge in [-0.2, -0.15) is 0 Å². The summed E-state index contributed by atoms with van der Waals surface area (Å²) < 4.78 is 6.28. The normalized spacial score (nSPS) is 10.5. The number of esters is 1. The fourth-order valence-corrected chi connectivity index (χ4v) is 2.96. The molecule has 0 spiro atoms. The van der Waals surface area contributed by atoms with Crippen LogP contribution < -0.4 is 16.2 Å². The van der Waals surface area contributed by atoms with Crippen molar-refractivity contribution in [2.45, 2.75) is 6.61 Å². The topological polar surface area (TPSA) is 127 Å². The van der Waals surface area contributed by atoms with Crippen LogP contribution >= 0.6 is 0 Å². The number of amides is 2.